The van der Waals surface area contributed by atoms with Gasteiger partial charge in [0.2, 0.25) is 5.91 Å². The first-order valence-electron chi connectivity index (χ1n) is 5.94. The van der Waals surface area contributed by atoms with Crippen LogP contribution in [0.3, 0.4) is 0 Å². The Hall–Kier alpha value is -1.49. The van der Waals surface area contributed by atoms with Gasteiger partial charge in [0.15, 0.2) is 11.6 Å². The van der Waals surface area contributed by atoms with E-state index in [1.807, 2.05) is 6.92 Å². The summed E-state index contributed by atoms with van der Waals surface area (Å²) < 4.78 is 25.7. The minimum absolute atomic E-state index is 0.0804. The molecule has 98 valence electrons. The molecule has 18 heavy (non-hydrogen) atoms. The van der Waals surface area contributed by atoms with E-state index in [1.165, 1.54) is 6.07 Å². The lowest BCUT2D eigenvalue weighted by molar-refractivity contribution is -0.138. The highest BCUT2D eigenvalue weighted by atomic mass is 19.2. The van der Waals surface area contributed by atoms with E-state index in [4.69, 9.17) is 5.73 Å². The summed E-state index contributed by atoms with van der Waals surface area (Å²) in [5.41, 5.74) is 6.17. The fourth-order valence-corrected chi connectivity index (χ4v) is 2.05. The Morgan fingerprint density at radius 2 is 2.06 bits per heavy atom. The third-order valence-electron chi connectivity index (χ3n) is 3.41. The van der Waals surface area contributed by atoms with E-state index < -0.39 is 11.6 Å². The van der Waals surface area contributed by atoms with Gasteiger partial charge in [0.25, 0.3) is 0 Å². The Balaban J connectivity index is 1.94. The predicted molar refractivity (Wildman–Crippen MR) is 63.9 cm³/mol. The summed E-state index contributed by atoms with van der Waals surface area (Å²) in [6.07, 6.45) is 0.902. The van der Waals surface area contributed by atoms with Crippen molar-refractivity contribution in [3.05, 3.63) is 35.4 Å². The third-order valence-corrected chi connectivity index (χ3v) is 3.41. The first kappa shape index (κ1) is 13.0. The lowest BCUT2D eigenvalue weighted by atomic mass is 9.88. The molecule has 1 amide bonds. The Morgan fingerprint density at radius 3 is 2.61 bits per heavy atom. The van der Waals surface area contributed by atoms with E-state index in [2.05, 4.69) is 0 Å². The number of likely N-dealkylation sites (tertiary alicyclic amines) is 1. The molecule has 0 spiro atoms. The van der Waals surface area contributed by atoms with Crippen molar-refractivity contribution in [3.63, 3.8) is 0 Å². The summed E-state index contributed by atoms with van der Waals surface area (Å²) in [7, 11) is 0. The van der Waals surface area contributed by atoms with Gasteiger partial charge in [-0.1, -0.05) is 13.0 Å². The maximum Gasteiger partial charge on any atom is 0.227 e. The zero-order valence-electron chi connectivity index (χ0n) is 10.2. The van der Waals surface area contributed by atoms with Crippen molar-refractivity contribution in [2.75, 3.05) is 13.1 Å². The maximum absolute atomic E-state index is 13.0. The topological polar surface area (TPSA) is 46.3 Å². The van der Waals surface area contributed by atoms with Crippen LogP contribution in [0.5, 0.6) is 0 Å². The van der Waals surface area contributed by atoms with E-state index in [0.29, 0.717) is 18.7 Å². The number of halogens is 2. The number of nitrogens with zero attached hydrogens (tertiary/aromatic N) is 1. The smallest absolute Gasteiger partial charge is 0.227 e. The Kier molecular flexibility index (Phi) is 3.34. The van der Waals surface area contributed by atoms with Gasteiger partial charge in [0.05, 0.1) is 12.0 Å². The van der Waals surface area contributed by atoms with Crippen LogP contribution in [0.25, 0.3) is 0 Å². The molecule has 1 saturated heterocycles. The van der Waals surface area contributed by atoms with Crippen LogP contribution >= 0.6 is 0 Å². The van der Waals surface area contributed by atoms with Crippen molar-refractivity contribution >= 4 is 5.91 Å². The van der Waals surface area contributed by atoms with Gasteiger partial charge in [-0.15, -0.1) is 0 Å². The Bertz CT molecular complexity index is 470. The van der Waals surface area contributed by atoms with Gasteiger partial charge in [-0.2, -0.15) is 0 Å². The van der Waals surface area contributed by atoms with Crippen molar-refractivity contribution in [1.29, 1.82) is 0 Å². The average Bonchev–Trinajstić information content (AvgIpc) is 2.29. The minimum atomic E-state index is -0.925. The average molecular weight is 254 g/mol. The summed E-state index contributed by atoms with van der Waals surface area (Å²) in [5, 5.41) is 0. The highest BCUT2D eigenvalue weighted by molar-refractivity contribution is 5.80. The SMILES string of the molecule is CCC1(N)CN(C(=O)Cc2ccc(F)c(F)c2)C1. The molecule has 0 unspecified atom stereocenters. The molecule has 0 bridgehead atoms. The molecule has 5 heteroatoms. The first-order valence-corrected chi connectivity index (χ1v) is 5.94. The van der Waals surface area contributed by atoms with Gasteiger partial charge in [0, 0.05) is 13.1 Å². The van der Waals surface area contributed by atoms with Crippen molar-refractivity contribution in [1.82, 2.24) is 4.90 Å². The first-order chi connectivity index (χ1) is 8.43. The summed E-state index contributed by atoms with van der Waals surface area (Å²) in [6.45, 7) is 3.05. The molecule has 3 nitrogen and oxygen atoms in total. The molecule has 1 aliphatic rings. The molecule has 1 heterocycles. The molecular weight excluding hydrogens is 238 g/mol. The fourth-order valence-electron chi connectivity index (χ4n) is 2.05. The zero-order chi connectivity index (χ0) is 13.3. The molecule has 0 atom stereocenters. The summed E-state index contributed by atoms with van der Waals surface area (Å²) in [4.78, 5) is 13.5. The van der Waals surface area contributed by atoms with Crippen molar-refractivity contribution in [2.24, 2.45) is 5.73 Å². The second kappa shape index (κ2) is 4.65. The van der Waals surface area contributed by atoms with E-state index in [-0.39, 0.29) is 17.9 Å². The number of carbonyl (C=O) groups is 1. The van der Waals surface area contributed by atoms with Crippen LogP contribution in [0.2, 0.25) is 0 Å². The quantitative estimate of drug-likeness (QED) is 0.887. The number of hydrogen-bond acceptors (Lipinski definition) is 2. The molecule has 0 aromatic heterocycles. The number of hydrogen-bond donors (Lipinski definition) is 1. The third kappa shape index (κ3) is 2.51. The monoisotopic (exact) mass is 254 g/mol. The maximum atomic E-state index is 13.0. The molecule has 2 rings (SSSR count). The van der Waals surface area contributed by atoms with E-state index in [9.17, 15) is 13.6 Å². The van der Waals surface area contributed by atoms with Gasteiger partial charge in [-0.25, -0.2) is 8.78 Å². The van der Waals surface area contributed by atoms with E-state index >= 15 is 0 Å². The number of amides is 1. The van der Waals surface area contributed by atoms with Crippen LogP contribution in [-0.2, 0) is 11.2 Å². The zero-order valence-corrected chi connectivity index (χ0v) is 10.2. The molecule has 1 aromatic carbocycles. The van der Waals surface area contributed by atoms with Crippen LogP contribution in [0, 0.1) is 11.6 Å². The standard InChI is InChI=1S/C13H16F2N2O/c1-2-13(16)7-17(8-13)12(18)6-9-3-4-10(14)11(15)5-9/h3-5H,2,6-8,16H2,1H3. The number of nitrogens with two attached hydrogens (primary N) is 1. The minimum Gasteiger partial charge on any atom is -0.339 e. The molecule has 1 fully saturated rings. The molecule has 0 saturated carbocycles. The van der Waals surface area contributed by atoms with Crippen LogP contribution in [0.1, 0.15) is 18.9 Å². The molecular formula is C13H16F2N2O. The fraction of sp³-hybridized carbons (Fsp3) is 0.462. The van der Waals surface area contributed by atoms with Crippen LogP contribution in [0.4, 0.5) is 8.78 Å². The summed E-state index contributed by atoms with van der Waals surface area (Å²) in [5.74, 6) is -1.93. The van der Waals surface area contributed by atoms with Crippen LogP contribution < -0.4 is 5.73 Å². The van der Waals surface area contributed by atoms with Gasteiger partial charge in [-0.3, -0.25) is 4.79 Å². The van der Waals surface area contributed by atoms with E-state index in [0.717, 1.165) is 18.6 Å². The van der Waals surface area contributed by atoms with Crippen LogP contribution in [0.15, 0.2) is 18.2 Å². The Labute approximate surface area is 105 Å². The summed E-state index contributed by atoms with van der Waals surface area (Å²) in [6, 6.07) is 3.52. The summed E-state index contributed by atoms with van der Waals surface area (Å²) >= 11 is 0. The van der Waals surface area contributed by atoms with Gasteiger partial charge < -0.3 is 10.6 Å². The lowest BCUT2D eigenvalue weighted by Crippen LogP contribution is -2.68. The van der Waals surface area contributed by atoms with E-state index in [1.54, 1.807) is 4.90 Å². The van der Waals surface area contributed by atoms with Crippen molar-refractivity contribution in [2.45, 2.75) is 25.3 Å². The largest absolute Gasteiger partial charge is 0.339 e. The second-order valence-electron chi connectivity index (χ2n) is 4.89. The predicted octanol–water partition coefficient (Wildman–Crippen LogP) is 1.46. The van der Waals surface area contributed by atoms with Crippen molar-refractivity contribution < 1.29 is 13.6 Å². The second-order valence-corrected chi connectivity index (χ2v) is 4.89. The van der Waals surface area contributed by atoms with Crippen LogP contribution in [-0.4, -0.2) is 29.4 Å². The molecule has 0 radical (unpaired) electrons. The number of benzene rings is 1. The molecule has 1 aliphatic heterocycles. The highest BCUT2D eigenvalue weighted by Crippen LogP contribution is 2.22. The molecule has 1 aromatic rings. The van der Waals surface area contributed by atoms with Gasteiger partial charge >= 0.3 is 0 Å². The van der Waals surface area contributed by atoms with Crippen molar-refractivity contribution in [3.8, 4) is 0 Å². The normalized spacial score (nSPS) is 17.4. The number of carbonyl (C=O) groups excluding carboxylic acids is 1. The Morgan fingerprint density at radius 1 is 1.39 bits per heavy atom. The molecule has 2 N–H and O–H groups in total. The number of rotatable bonds is 3. The lowest BCUT2D eigenvalue weighted by Gasteiger charge is -2.47. The van der Waals surface area contributed by atoms with Gasteiger partial charge in [-0.05, 0) is 24.1 Å². The van der Waals surface area contributed by atoms with Gasteiger partial charge in [0.1, 0.15) is 0 Å². The molecule has 0 aliphatic carbocycles. The highest BCUT2D eigenvalue weighted by Gasteiger charge is 2.40.